The minimum atomic E-state index is -1.91. The molecule has 1 aliphatic heterocycles. The molecule has 164 valence electrons. The fraction of sp³-hybridized carbons (Fsp3) is 0.192. The molecule has 0 amide bonds. The number of carbonyl (C=O) groups excluding carboxylic acids is 1. The van der Waals surface area contributed by atoms with Crippen molar-refractivity contribution in [1.82, 2.24) is 0 Å². The van der Waals surface area contributed by atoms with Crippen LogP contribution < -0.4 is 14.2 Å². The van der Waals surface area contributed by atoms with E-state index in [1.165, 1.54) is 7.11 Å². The maximum absolute atomic E-state index is 13.1. The standard InChI is InChI=1S/C26H24O6/c1-29-20-12-10-19(11-13-20)26(28)21(15-17-7-5-4-6-8-17)24(25(27)32-26)18-9-14-22(30-2)23(16-18)31-3/h4-14,16,28H,15H2,1-3H3. The second-order valence-electron chi connectivity index (χ2n) is 7.35. The smallest absolute Gasteiger partial charge is 0.342 e. The van der Waals surface area contributed by atoms with E-state index >= 15 is 0 Å². The van der Waals surface area contributed by atoms with Gasteiger partial charge in [0.05, 0.1) is 26.9 Å². The van der Waals surface area contributed by atoms with E-state index in [9.17, 15) is 9.90 Å². The second-order valence-corrected chi connectivity index (χ2v) is 7.35. The molecule has 0 aliphatic carbocycles. The number of carbonyl (C=O) groups is 1. The zero-order valence-electron chi connectivity index (χ0n) is 18.1. The molecule has 0 spiro atoms. The van der Waals surface area contributed by atoms with E-state index in [2.05, 4.69) is 0 Å². The molecule has 0 saturated carbocycles. The Morgan fingerprint density at radius 3 is 2.16 bits per heavy atom. The van der Waals surface area contributed by atoms with E-state index in [-0.39, 0.29) is 0 Å². The van der Waals surface area contributed by atoms with Crippen molar-refractivity contribution in [2.24, 2.45) is 0 Å². The van der Waals surface area contributed by atoms with Crippen molar-refractivity contribution in [2.45, 2.75) is 12.2 Å². The van der Waals surface area contributed by atoms with Crippen molar-refractivity contribution in [3.63, 3.8) is 0 Å². The number of hydrogen-bond donors (Lipinski definition) is 1. The molecule has 4 rings (SSSR count). The van der Waals surface area contributed by atoms with Crippen molar-refractivity contribution in [1.29, 1.82) is 0 Å². The lowest BCUT2D eigenvalue weighted by molar-refractivity contribution is -0.185. The summed E-state index contributed by atoms with van der Waals surface area (Å²) < 4.78 is 21.6. The Hall–Kier alpha value is -3.77. The van der Waals surface area contributed by atoms with Crippen LogP contribution in [0.4, 0.5) is 0 Å². The molecule has 3 aromatic carbocycles. The van der Waals surface area contributed by atoms with Gasteiger partial charge in [0.2, 0.25) is 0 Å². The number of cyclic esters (lactones) is 1. The lowest BCUT2D eigenvalue weighted by atomic mass is 9.88. The number of hydrogen-bond acceptors (Lipinski definition) is 6. The zero-order chi connectivity index (χ0) is 22.7. The molecule has 1 unspecified atom stereocenters. The van der Waals surface area contributed by atoms with Gasteiger partial charge in [0, 0.05) is 17.6 Å². The van der Waals surface area contributed by atoms with Crippen LogP contribution in [0.1, 0.15) is 16.7 Å². The molecule has 0 fully saturated rings. The molecule has 32 heavy (non-hydrogen) atoms. The normalized spacial score (nSPS) is 17.8. The SMILES string of the molecule is COc1ccc(C2(O)OC(=O)C(c3ccc(OC)c(OC)c3)=C2Cc2ccccc2)cc1. The second kappa shape index (κ2) is 8.77. The number of methoxy groups -OCH3 is 3. The largest absolute Gasteiger partial charge is 0.497 e. The van der Waals surface area contributed by atoms with Gasteiger partial charge < -0.3 is 24.1 Å². The molecule has 1 N–H and O–H groups in total. The van der Waals surface area contributed by atoms with Crippen molar-refractivity contribution < 1.29 is 28.8 Å². The van der Waals surface area contributed by atoms with Gasteiger partial charge in [-0.25, -0.2) is 4.79 Å². The zero-order valence-corrected chi connectivity index (χ0v) is 18.1. The van der Waals surface area contributed by atoms with Gasteiger partial charge in [-0.1, -0.05) is 36.4 Å². The summed E-state index contributed by atoms with van der Waals surface area (Å²) in [7, 11) is 4.64. The Labute approximate surface area is 186 Å². The lowest BCUT2D eigenvalue weighted by Gasteiger charge is -2.26. The molecule has 6 heteroatoms. The molecule has 3 aromatic rings. The molecule has 1 aliphatic rings. The van der Waals surface area contributed by atoms with E-state index in [0.717, 1.165) is 5.56 Å². The highest BCUT2D eigenvalue weighted by atomic mass is 16.7. The van der Waals surface area contributed by atoms with Crippen molar-refractivity contribution >= 4 is 11.5 Å². The summed E-state index contributed by atoms with van der Waals surface area (Å²) >= 11 is 0. The Morgan fingerprint density at radius 2 is 1.53 bits per heavy atom. The predicted molar refractivity (Wildman–Crippen MR) is 120 cm³/mol. The number of aliphatic hydroxyl groups is 1. The minimum absolute atomic E-state index is 0.299. The van der Waals surface area contributed by atoms with Crippen LogP contribution >= 0.6 is 0 Å². The number of esters is 1. The highest BCUT2D eigenvalue weighted by Gasteiger charge is 2.48. The monoisotopic (exact) mass is 432 g/mol. The summed E-state index contributed by atoms with van der Waals surface area (Å²) in [5, 5.41) is 11.7. The average molecular weight is 432 g/mol. The highest BCUT2D eigenvalue weighted by Crippen LogP contribution is 2.46. The first-order valence-electron chi connectivity index (χ1n) is 10.1. The third kappa shape index (κ3) is 3.81. The third-order valence-electron chi connectivity index (χ3n) is 5.53. The van der Waals surface area contributed by atoms with Gasteiger partial charge in [-0.15, -0.1) is 0 Å². The molecule has 0 radical (unpaired) electrons. The van der Waals surface area contributed by atoms with Crippen molar-refractivity contribution in [3.8, 4) is 17.2 Å². The van der Waals surface area contributed by atoms with Crippen LogP contribution in [0.2, 0.25) is 0 Å². The van der Waals surface area contributed by atoms with Gasteiger partial charge in [0.1, 0.15) is 5.75 Å². The Kier molecular flexibility index (Phi) is 5.88. The Bertz CT molecular complexity index is 1150. The van der Waals surface area contributed by atoms with E-state index < -0.39 is 11.8 Å². The van der Waals surface area contributed by atoms with E-state index in [1.54, 1.807) is 56.7 Å². The highest BCUT2D eigenvalue weighted by molar-refractivity contribution is 6.20. The van der Waals surface area contributed by atoms with Crippen molar-refractivity contribution in [2.75, 3.05) is 21.3 Å². The first-order valence-corrected chi connectivity index (χ1v) is 10.1. The molecule has 1 atom stereocenters. The van der Waals surface area contributed by atoms with Gasteiger partial charge in [0.25, 0.3) is 5.79 Å². The minimum Gasteiger partial charge on any atom is -0.497 e. The van der Waals surface area contributed by atoms with Crippen LogP contribution in [0.15, 0.2) is 78.4 Å². The van der Waals surface area contributed by atoms with Gasteiger partial charge in [0.15, 0.2) is 11.5 Å². The summed E-state index contributed by atoms with van der Waals surface area (Å²) in [4.78, 5) is 13.1. The number of benzene rings is 3. The fourth-order valence-electron chi connectivity index (χ4n) is 3.88. The van der Waals surface area contributed by atoms with Gasteiger partial charge >= 0.3 is 5.97 Å². The maximum Gasteiger partial charge on any atom is 0.342 e. The Morgan fingerprint density at radius 1 is 0.844 bits per heavy atom. The summed E-state index contributed by atoms with van der Waals surface area (Å²) in [6.07, 6.45) is 0.318. The quantitative estimate of drug-likeness (QED) is 0.567. The summed E-state index contributed by atoms with van der Waals surface area (Å²) in [5.74, 6) is -0.874. The molecule has 1 heterocycles. The summed E-state index contributed by atoms with van der Waals surface area (Å²) in [6, 6.07) is 21.6. The maximum atomic E-state index is 13.1. The fourth-order valence-corrected chi connectivity index (χ4v) is 3.88. The van der Waals surface area contributed by atoms with E-state index in [0.29, 0.717) is 45.9 Å². The first-order chi connectivity index (χ1) is 15.5. The van der Waals surface area contributed by atoms with Gasteiger partial charge in [-0.05, 0) is 47.5 Å². The van der Waals surface area contributed by atoms with Crippen LogP contribution in [0, 0.1) is 0 Å². The first kappa shape index (κ1) is 21.5. The average Bonchev–Trinajstić information content (AvgIpc) is 3.09. The molecule has 0 bridgehead atoms. The van der Waals surface area contributed by atoms with Crippen LogP contribution in [0.25, 0.3) is 5.57 Å². The molecule has 0 saturated heterocycles. The summed E-state index contributed by atoms with van der Waals surface area (Å²) in [5.41, 5.74) is 2.70. The number of ether oxygens (including phenoxy) is 4. The number of rotatable bonds is 7. The lowest BCUT2D eigenvalue weighted by Crippen LogP contribution is -2.29. The third-order valence-corrected chi connectivity index (χ3v) is 5.53. The van der Waals surface area contributed by atoms with Crippen LogP contribution in [0.3, 0.4) is 0 Å². The predicted octanol–water partition coefficient (Wildman–Crippen LogP) is 4.11. The van der Waals surface area contributed by atoms with E-state index in [1.807, 2.05) is 30.3 Å². The summed E-state index contributed by atoms with van der Waals surface area (Å²) in [6.45, 7) is 0. The van der Waals surface area contributed by atoms with Crippen LogP contribution in [0.5, 0.6) is 17.2 Å². The van der Waals surface area contributed by atoms with Crippen LogP contribution in [-0.4, -0.2) is 32.4 Å². The molecule has 0 aromatic heterocycles. The topological polar surface area (TPSA) is 74.2 Å². The van der Waals surface area contributed by atoms with Crippen LogP contribution in [-0.2, 0) is 21.7 Å². The van der Waals surface area contributed by atoms with Crippen molar-refractivity contribution in [3.05, 3.63) is 95.1 Å². The molecular formula is C26H24O6. The van der Waals surface area contributed by atoms with E-state index in [4.69, 9.17) is 18.9 Å². The van der Waals surface area contributed by atoms with Gasteiger partial charge in [-0.3, -0.25) is 0 Å². The van der Waals surface area contributed by atoms with Gasteiger partial charge in [-0.2, -0.15) is 0 Å². The molecular weight excluding hydrogens is 408 g/mol. The molecule has 6 nitrogen and oxygen atoms in total. The Balaban J connectivity index is 1.90.